The van der Waals surface area contributed by atoms with Crippen LogP contribution in [0.1, 0.15) is 36.5 Å². The molecule has 1 aromatic heterocycles. The SMILES string of the molecule is CCCSCc1ncc(C(=O)OCC)c(N)n1. The Kier molecular flexibility index (Phi) is 5.76. The number of esters is 1. The number of anilines is 1. The van der Waals surface area contributed by atoms with E-state index in [1.165, 1.54) is 6.20 Å². The van der Waals surface area contributed by atoms with Crippen LogP contribution in [0.3, 0.4) is 0 Å². The molecule has 0 aliphatic rings. The van der Waals surface area contributed by atoms with E-state index in [1.807, 2.05) is 0 Å². The molecule has 0 spiro atoms. The minimum Gasteiger partial charge on any atom is -0.462 e. The minimum absolute atomic E-state index is 0.186. The van der Waals surface area contributed by atoms with Crippen molar-refractivity contribution in [1.82, 2.24) is 9.97 Å². The Labute approximate surface area is 105 Å². The number of ether oxygens (including phenoxy) is 1. The smallest absolute Gasteiger partial charge is 0.343 e. The number of hydrogen-bond acceptors (Lipinski definition) is 6. The highest BCUT2D eigenvalue weighted by molar-refractivity contribution is 7.98. The van der Waals surface area contributed by atoms with Crippen molar-refractivity contribution >= 4 is 23.5 Å². The average Bonchev–Trinajstić information content (AvgIpc) is 2.29. The maximum absolute atomic E-state index is 11.4. The highest BCUT2D eigenvalue weighted by atomic mass is 32.2. The topological polar surface area (TPSA) is 78.1 Å². The van der Waals surface area contributed by atoms with E-state index in [1.54, 1.807) is 18.7 Å². The fourth-order valence-corrected chi connectivity index (χ4v) is 1.93. The van der Waals surface area contributed by atoms with Gasteiger partial charge < -0.3 is 10.5 Å². The van der Waals surface area contributed by atoms with Gasteiger partial charge in [-0.1, -0.05) is 6.92 Å². The number of nitrogens with zero attached hydrogens (tertiary/aromatic N) is 2. The zero-order valence-electron chi connectivity index (χ0n) is 10.1. The van der Waals surface area contributed by atoms with E-state index in [4.69, 9.17) is 10.5 Å². The highest BCUT2D eigenvalue weighted by Gasteiger charge is 2.13. The van der Waals surface area contributed by atoms with Gasteiger partial charge in [-0.05, 0) is 19.1 Å². The Hall–Kier alpha value is -1.30. The van der Waals surface area contributed by atoms with Gasteiger partial charge in [-0.2, -0.15) is 11.8 Å². The number of aromatic nitrogens is 2. The van der Waals surface area contributed by atoms with Gasteiger partial charge in [0.2, 0.25) is 0 Å². The Bertz CT molecular complexity index is 385. The summed E-state index contributed by atoms with van der Waals surface area (Å²) in [6, 6.07) is 0. The van der Waals surface area contributed by atoms with Crippen LogP contribution in [0.2, 0.25) is 0 Å². The van der Waals surface area contributed by atoms with Gasteiger partial charge in [0.25, 0.3) is 0 Å². The summed E-state index contributed by atoms with van der Waals surface area (Å²) in [5, 5.41) is 0. The van der Waals surface area contributed by atoms with Crippen LogP contribution in [0, 0.1) is 0 Å². The fraction of sp³-hybridized carbons (Fsp3) is 0.545. The first-order valence-electron chi connectivity index (χ1n) is 5.55. The van der Waals surface area contributed by atoms with Crippen LogP contribution in [-0.2, 0) is 10.5 Å². The second-order valence-corrected chi connectivity index (χ2v) is 4.46. The normalized spacial score (nSPS) is 10.2. The van der Waals surface area contributed by atoms with E-state index in [2.05, 4.69) is 16.9 Å². The molecule has 0 amide bonds. The lowest BCUT2D eigenvalue weighted by Gasteiger charge is -2.05. The van der Waals surface area contributed by atoms with E-state index in [-0.39, 0.29) is 11.4 Å². The van der Waals surface area contributed by atoms with Crippen molar-refractivity contribution < 1.29 is 9.53 Å². The van der Waals surface area contributed by atoms with Crippen LogP contribution in [-0.4, -0.2) is 28.3 Å². The predicted octanol–water partition coefficient (Wildman–Crippen LogP) is 1.88. The monoisotopic (exact) mass is 255 g/mol. The van der Waals surface area contributed by atoms with E-state index in [9.17, 15) is 4.79 Å². The van der Waals surface area contributed by atoms with Gasteiger partial charge in [0.15, 0.2) is 0 Å². The molecular formula is C11H17N3O2S. The Morgan fingerprint density at radius 1 is 1.53 bits per heavy atom. The van der Waals surface area contributed by atoms with E-state index >= 15 is 0 Å². The molecule has 0 aromatic carbocycles. The summed E-state index contributed by atoms with van der Waals surface area (Å²) in [5.74, 6) is 2.13. The van der Waals surface area contributed by atoms with Crippen molar-refractivity contribution in [1.29, 1.82) is 0 Å². The summed E-state index contributed by atoms with van der Waals surface area (Å²) in [5.41, 5.74) is 5.93. The van der Waals surface area contributed by atoms with Crippen molar-refractivity contribution in [3.63, 3.8) is 0 Å². The number of nitrogens with two attached hydrogens (primary N) is 1. The van der Waals surface area contributed by atoms with E-state index in [0.717, 1.165) is 12.2 Å². The molecule has 1 rings (SSSR count). The first-order chi connectivity index (χ1) is 8.19. The summed E-state index contributed by atoms with van der Waals surface area (Å²) in [7, 11) is 0. The maximum atomic E-state index is 11.4. The van der Waals surface area contributed by atoms with Crippen LogP contribution in [0.4, 0.5) is 5.82 Å². The third-order valence-electron chi connectivity index (χ3n) is 1.94. The van der Waals surface area contributed by atoms with Crippen molar-refractivity contribution in [2.24, 2.45) is 0 Å². The van der Waals surface area contributed by atoms with Gasteiger partial charge in [-0.15, -0.1) is 0 Å². The summed E-state index contributed by atoms with van der Waals surface area (Å²) < 4.78 is 4.84. The van der Waals surface area contributed by atoms with Crippen LogP contribution >= 0.6 is 11.8 Å². The third kappa shape index (κ3) is 4.22. The molecule has 0 unspecified atom stereocenters. The highest BCUT2D eigenvalue weighted by Crippen LogP contribution is 2.13. The molecule has 6 heteroatoms. The molecular weight excluding hydrogens is 238 g/mol. The molecule has 5 nitrogen and oxygen atoms in total. The lowest BCUT2D eigenvalue weighted by Crippen LogP contribution is -2.11. The summed E-state index contributed by atoms with van der Waals surface area (Å²) >= 11 is 1.74. The number of carbonyl (C=O) groups is 1. The predicted molar refractivity (Wildman–Crippen MR) is 68.9 cm³/mol. The third-order valence-corrected chi connectivity index (χ3v) is 3.10. The molecule has 0 aliphatic heterocycles. The molecule has 1 heterocycles. The molecule has 0 radical (unpaired) electrons. The molecule has 1 aromatic rings. The van der Waals surface area contributed by atoms with Gasteiger partial charge >= 0.3 is 5.97 Å². The average molecular weight is 255 g/mol. The molecule has 0 saturated heterocycles. The lowest BCUT2D eigenvalue weighted by molar-refractivity contribution is 0.0526. The molecule has 2 N–H and O–H groups in total. The molecule has 0 aliphatic carbocycles. The second-order valence-electron chi connectivity index (χ2n) is 3.36. The first-order valence-corrected chi connectivity index (χ1v) is 6.70. The van der Waals surface area contributed by atoms with Crippen molar-refractivity contribution in [3.05, 3.63) is 17.6 Å². The number of carbonyl (C=O) groups excluding carboxylic acids is 1. The Morgan fingerprint density at radius 2 is 2.29 bits per heavy atom. The van der Waals surface area contributed by atoms with Crippen molar-refractivity contribution in [3.8, 4) is 0 Å². The zero-order chi connectivity index (χ0) is 12.7. The zero-order valence-corrected chi connectivity index (χ0v) is 10.9. The van der Waals surface area contributed by atoms with Crippen LogP contribution in [0.5, 0.6) is 0 Å². The van der Waals surface area contributed by atoms with Gasteiger partial charge in [0.05, 0.1) is 12.4 Å². The second kappa shape index (κ2) is 7.11. The number of rotatable bonds is 6. The van der Waals surface area contributed by atoms with E-state index in [0.29, 0.717) is 18.2 Å². The van der Waals surface area contributed by atoms with Crippen LogP contribution in [0.25, 0.3) is 0 Å². The molecule has 0 bridgehead atoms. The quantitative estimate of drug-likeness (QED) is 0.617. The van der Waals surface area contributed by atoms with Gasteiger partial charge in [-0.25, -0.2) is 14.8 Å². The molecule has 17 heavy (non-hydrogen) atoms. The fourth-order valence-electron chi connectivity index (χ4n) is 1.18. The Morgan fingerprint density at radius 3 is 2.88 bits per heavy atom. The molecule has 0 saturated carbocycles. The molecule has 94 valence electrons. The number of hydrogen-bond donors (Lipinski definition) is 1. The van der Waals surface area contributed by atoms with Gasteiger partial charge in [0.1, 0.15) is 17.2 Å². The van der Waals surface area contributed by atoms with Gasteiger partial charge in [-0.3, -0.25) is 0 Å². The summed E-state index contributed by atoms with van der Waals surface area (Å²) in [6.45, 7) is 4.17. The first kappa shape index (κ1) is 13.8. The number of thioether (sulfide) groups is 1. The minimum atomic E-state index is -0.474. The largest absolute Gasteiger partial charge is 0.462 e. The molecule has 0 atom stereocenters. The Balaban J connectivity index is 2.68. The summed E-state index contributed by atoms with van der Waals surface area (Å²) in [4.78, 5) is 19.6. The molecule has 0 fully saturated rings. The van der Waals surface area contributed by atoms with Crippen LogP contribution in [0.15, 0.2) is 6.20 Å². The van der Waals surface area contributed by atoms with Crippen molar-refractivity contribution in [2.75, 3.05) is 18.1 Å². The van der Waals surface area contributed by atoms with Crippen molar-refractivity contribution in [2.45, 2.75) is 26.0 Å². The van der Waals surface area contributed by atoms with Crippen LogP contribution < -0.4 is 5.73 Å². The van der Waals surface area contributed by atoms with Gasteiger partial charge in [0, 0.05) is 6.20 Å². The lowest BCUT2D eigenvalue weighted by atomic mass is 10.3. The standard InChI is InChI=1S/C11H17N3O2S/c1-3-5-17-7-9-13-6-8(10(12)14-9)11(15)16-4-2/h6H,3-5,7H2,1-2H3,(H2,12,13,14). The van der Waals surface area contributed by atoms with E-state index < -0.39 is 5.97 Å². The number of nitrogen functional groups attached to an aromatic ring is 1. The maximum Gasteiger partial charge on any atom is 0.343 e. The summed E-state index contributed by atoms with van der Waals surface area (Å²) in [6.07, 6.45) is 2.54.